The Balaban J connectivity index is -0.0000000182. The average Bonchev–Trinajstić information content (AvgIpc) is 2.44. The second-order valence-corrected chi connectivity index (χ2v) is 3.89. The third-order valence-corrected chi connectivity index (χ3v) is 0.705. The molecule has 174 valence electrons. The summed E-state index contributed by atoms with van der Waals surface area (Å²) in [5.74, 6) is -7.01. The first-order valence-corrected chi connectivity index (χ1v) is 7.18. The van der Waals surface area contributed by atoms with Crippen molar-refractivity contribution in [2.45, 2.75) is 27.7 Å². The van der Waals surface area contributed by atoms with Crippen LogP contribution in [0.3, 0.4) is 0 Å². The van der Waals surface area contributed by atoms with Gasteiger partial charge in [-0.05, 0) is 27.7 Å². The van der Waals surface area contributed by atoms with Crippen LogP contribution in [0.15, 0.2) is 0 Å². The number of carboxylic acid groups (broad SMARTS) is 6. The van der Waals surface area contributed by atoms with E-state index >= 15 is 0 Å². The monoisotopic (exact) mass is 565 g/mol. The maximum Gasteiger partial charge on any atom is 1.00 e. The molecule has 0 aliphatic heterocycles. The van der Waals surface area contributed by atoms with Crippen LogP contribution < -0.4 is 225 Å². The number of nitrogens with two attached hydrogens (primary N) is 2. The van der Waals surface area contributed by atoms with Crippen molar-refractivity contribution in [3.05, 3.63) is 0 Å². The minimum absolute atomic E-state index is 0. The van der Waals surface area contributed by atoms with Gasteiger partial charge >= 0.3 is 177 Å². The Hall–Kier alpha value is 2.70. The Morgan fingerprint density at radius 2 is 0.600 bits per heavy atom. The van der Waals surface area contributed by atoms with Crippen LogP contribution in [0, 0.1) is 0 Å². The zero-order valence-electron chi connectivity index (χ0n) is 22.4. The summed E-state index contributed by atoms with van der Waals surface area (Å²) < 4.78 is 0. The first-order valence-electron chi connectivity index (χ1n) is 7.18. The van der Waals surface area contributed by atoms with Gasteiger partial charge in [0, 0.05) is 50.1 Å². The summed E-state index contributed by atoms with van der Waals surface area (Å²) in [5, 5.41) is 56.8. The van der Waals surface area contributed by atoms with Gasteiger partial charge in [-0.2, -0.15) is 0 Å². The number of hydrogen-bond acceptors (Lipinski definition) is 15. The van der Waals surface area contributed by atoms with Gasteiger partial charge in [-0.1, -0.05) is 0 Å². The fourth-order valence-electron chi connectivity index (χ4n) is 0.267. The molecule has 0 saturated carbocycles. The van der Waals surface area contributed by atoms with Crippen LogP contribution in [0.4, 0.5) is 0 Å². The van der Waals surface area contributed by atoms with Crippen LogP contribution in [-0.4, -0.2) is 62.0 Å². The van der Waals surface area contributed by atoms with E-state index in [0.717, 1.165) is 27.7 Å². The van der Waals surface area contributed by atoms with Gasteiger partial charge < -0.3 is 76.2 Å². The van der Waals surface area contributed by atoms with Crippen molar-refractivity contribution in [2.75, 3.05) is 26.2 Å². The first-order chi connectivity index (χ1) is 13.0. The van der Waals surface area contributed by atoms with Crippen molar-refractivity contribution >= 4 is 35.8 Å². The number of carbonyl (C=O) groups excluding carboxylic acids is 6. The molecule has 0 fully saturated rings. The maximum absolute atomic E-state index is 9.59. The summed E-state index contributed by atoms with van der Waals surface area (Å²) in [7, 11) is 0. The Morgan fingerprint density at radius 1 is 0.486 bits per heavy atom. The Kier molecular flexibility index (Phi) is 156. The average molecular weight is 565 g/mol. The van der Waals surface area contributed by atoms with Gasteiger partial charge in [0.15, 0.2) is 0 Å². The topological polar surface area (TPSA) is 305 Å². The minimum atomic E-state index is -1.34. The molecule has 0 aliphatic carbocycles. The second-order valence-electron chi connectivity index (χ2n) is 3.89. The molecule has 35 heavy (non-hydrogen) atoms. The maximum atomic E-state index is 9.59. The predicted molar refractivity (Wildman–Crippen MR) is 83.7 cm³/mol. The zero-order chi connectivity index (χ0) is 25.0. The third-order valence-electron chi connectivity index (χ3n) is 0.705. The summed E-state index contributed by atoms with van der Waals surface area (Å²) in [5.41, 5.74) is 9.81. The molecule has 0 saturated heterocycles. The molecule has 5 N–H and O–H groups in total. The molecule has 15 nitrogen and oxygen atoms in total. The number of hydrogen-bond donors (Lipinski definition) is 3. The van der Waals surface area contributed by atoms with Crippen LogP contribution in [-0.2, 0) is 28.8 Å². The molecule has 0 amide bonds. The number of carboxylic acids is 6. The summed E-state index contributed by atoms with van der Waals surface area (Å²) in [6, 6.07) is 0. The normalized spacial score (nSPS) is 6.00. The van der Waals surface area contributed by atoms with E-state index in [0.29, 0.717) is 13.1 Å². The van der Waals surface area contributed by atoms with Crippen LogP contribution in [0.2, 0.25) is 0 Å². The van der Waals surface area contributed by atoms with E-state index in [1.54, 1.807) is 0 Å². The number of nitrogens with one attached hydrogen (secondary N) is 1. The molecule has 0 rings (SSSR count). The van der Waals surface area contributed by atoms with Gasteiger partial charge in [-0.3, -0.25) is 0 Å². The van der Waals surface area contributed by atoms with Crippen molar-refractivity contribution < 1.29 is 237 Å². The third kappa shape index (κ3) is 470. The minimum Gasteiger partial charge on any atom is -0.550 e. The fraction of sp³-hybridized carbons (Fsp3) is 0.571. The smallest absolute Gasteiger partial charge is 0.550 e. The van der Waals surface area contributed by atoms with Crippen LogP contribution in [0.25, 0.3) is 0 Å². The van der Waals surface area contributed by atoms with Gasteiger partial charge in [0.1, 0.15) is 0 Å². The number of rotatable bonds is 5. The van der Waals surface area contributed by atoms with E-state index < -0.39 is 48.9 Å². The molecule has 0 spiro atoms. The predicted octanol–water partition coefficient (Wildman–Crippen LogP) is -28.0. The summed E-state index contributed by atoms with van der Waals surface area (Å²) >= 11 is 0. The first kappa shape index (κ1) is 76.9. The van der Waals surface area contributed by atoms with Gasteiger partial charge in [-0.25, -0.2) is 0 Å². The van der Waals surface area contributed by atoms with Crippen molar-refractivity contribution in [2.24, 2.45) is 11.5 Å². The molecule has 0 bridgehead atoms. The summed E-state index contributed by atoms with van der Waals surface area (Å²) in [6.45, 7) is 4.15. The molecule has 0 aromatic carbocycles. The van der Waals surface area contributed by atoms with Crippen LogP contribution >= 0.6 is 0 Å². The standard InChI is InChI=1S/C4H7NO4.C2H8N2.4C2H4O2.6Na/c6-3(7)1-5-2-4(8)9;3-1-2-4;4*1-2(3)4;;;;;;/h5H,1-2H2,(H,6,7)(H,8,9);1-4H2;4*1H3,(H,3,4);;;;;;/q;;;;;;6*+1/p-6. The van der Waals surface area contributed by atoms with E-state index in [9.17, 15) is 19.8 Å². The molecular formula is C14H25N3Na6O12. The van der Waals surface area contributed by atoms with Crippen LogP contribution in [0.1, 0.15) is 27.7 Å². The SMILES string of the molecule is CC(=O)[O-].CC(=O)[O-].CC(=O)[O-].CC(=O)[O-].NCCN.O=C([O-])CNCC(=O)[O-].[Na+].[Na+].[Na+].[Na+].[Na+].[Na+]. The van der Waals surface area contributed by atoms with Crippen molar-refractivity contribution in [1.82, 2.24) is 5.32 Å². The van der Waals surface area contributed by atoms with E-state index in [4.69, 9.17) is 51.1 Å². The molecule has 0 heterocycles. The quantitative estimate of drug-likeness (QED) is 0.261. The van der Waals surface area contributed by atoms with Gasteiger partial charge in [0.05, 0.1) is 11.9 Å². The summed E-state index contributed by atoms with van der Waals surface area (Å²) in [6.07, 6.45) is 0. The molecule has 0 aromatic rings. The molecule has 0 radical (unpaired) electrons. The molecule has 21 heteroatoms. The molecule has 0 aromatic heterocycles. The summed E-state index contributed by atoms with van der Waals surface area (Å²) in [4.78, 5) is 54.7. The van der Waals surface area contributed by atoms with Crippen LogP contribution in [0.5, 0.6) is 0 Å². The second kappa shape index (κ2) is 70.8. The Labute approximate surface area is 337 Å². The number of carbonyl (C=O) groups is 6. The fourth-order valence-corrected chi connectivity index (χ4v) is 0.267. The molecule has 0 atom stereocenters. The van der Waals surface area contributed by atoms with Gasteiger partial charge in [0.25, 0.3) is 0 Å². The van der Waals surface area contributed by atoms with Crippen molar-refractivity contribution in [1.29, 1.82) is 0 Å². The van der Waals surface area contributed by atoms with E-state index in [-0.39, 0.29) is 177 Å². The Bertz CT molecular complexity index is 398. The van der Waals surface area contributed by atoms with Gasteiger partial charge in [-0.15, -0.1) is 0 Å². The van der Waals surface area contributed by atoms with E-state index in [1.165, 1.54) is 0 Å². The largest absolute Gasteiger partial charge is 1.00 e. The zero-order valence-corrected chi connectivity index (χ0v) is 34.4. The Morgan fingerprint density at radius 3 is 0.657 bits per heavy atom. The van der Waals surface area contributed by atoms with Crippen molar-refractivity contribution in [3.8, 4) is 0 Å². The molecule has 0 aliphatic rings. The van der Waals surface area contributed by atoms with Crippen molar-refractivity contribution in [3.63, 3.8) is 0 Å². The van der Waals surface area contributed by atoms with E-state index in [1.807, 2.05) is 0 Å². The van der Waals surface area contributed by atoms with E-state index in [2.05, 4.69) is 5.32 Å². The molecule has 0 unspecified atom stereocenters. The molecular weight excluding hydrogens is 540 g/mol. The van der Waals surface area contributed by atoms with Gasteiger partial charge in [0.2, 0.25) is 0 Å². The number of aliphatic carboxylic acids is 6.